The topological polar surface area (TPSA) is 81.3 Å². The van der Waals surface area contributed by atoms with Crippen LogP contribution in [0.1, 0.15) is 15.9 Å². The van der Waals surface area contributed by atoms with Gasteiger partial charge in [0.05, 0.1) is 16.5 Å². The average molecular weight is 322 g/mol. The fourth-order valence-electron chi connectivity index (χ4n) is 2.47. The number of aromatic carboxylic acids is 1. The van der Waals surface area contributed by atoms with Crippen LogP contribution in [0.15, 0.2) is 58.1 Å². The molecule has 24 heavy (non-hydrogen) atoms. The van der Waals surface area contributed by atoms with E-state index in [4.69, 9.17) is 5.11 Å². The lowest BCUT2D eigenvalue weighted by Gasteiger charge is -2.08. The summed E-state index contributed by atoms with van der Waals surface area (Å²) in [6.07, 6.45) is 3.04. The minimum Gasteiger partial charge on any atom is -0.478 e. The third-order valence-electron chi connectivity index (χ3n) is 3.76. The zero-order valence-electron chi connectivity index (χ0n) is 12.8. The van der Waals surface area contributed by atoms with Crippen LogP contribution in [0.4, 0.5) is 0 Å². The molecule has 0 unspecified atom stereocenters. The normalized spacial score (nSPS) is 11.2. The van der Waals surface area contributed by atoms with Crippen molar-refractivity contribution in [2.45, 2.75) is 0 Å². The van der Waals surface area contributed by atoms with Crippen LogP contribution < -0.4 is 11.2 Å². The van der Waals surface area contributed by atoms with E-state index < -0.39 is 17.2 Å². The van der Waals surface area contributed by atoms with Crippen molar-refractivity contribution >= 4 is 29.1 Å². The summed E-state index contributed by atoms with van der Waals surface area (Å²) in [6, 6.07) is 13.4. The van der Waals surface area contributed by atoms with E-state index in [1.165, 1.54) is 36.0 Å². The average Bonchev–Trinajstić information content (AvgIpc) is 2.60. The number of aromatic nitrogens is 2. The zero-order chi connectivity index (χ0) is 17.3. The van der Waals surface area contributed by atoms with Crippen LogP contribution >= 0.6 is 0 Å². The van der Waals surface area contributed by atoms with Gasteiger partial charge in [-0.05, 0) is 29.8 Å². The van der Waals surface area contributed by atoms with Crippen molar-refractivity contribution in [1.82, 2.24) is 9.13 Å². The molecular formula is C18H14N2O4. The van der Waals surface area contributed by atoms with Gasteiger partial charge in [0, 0.05) is 13.2 Å². The number of carboxylic acids is 1. The molecule has 0 amide bonds. The van der Waals surface area contributed by atoms with E-state index in [-0.39, 0.29) is 10.9 Å². The monoisotopic (exact) mass is 322 g/mol. The molecule has 6 nitrogen and oxygen atoms in total. The van der Waals surface area contributed by atoms with Gasteiger partial charge >= 0.3 is 11.7 Å². The van der Waals surface area contributed by atoms with E-state index in [1.54, 1.807) is 6.08 Å². The predicted molar refractivity (Wildman–Crippen MR) is 92.1 cm³/mol. The van der Waals surface area contributed by atoms with Gasteiger partial charge in [-0.1, -0.05) is 30.3 Å². The largest absolute Gasteiger partial charge is 0.478 e. The third-order valence-corrected chi connectivity index (χ3v) is 3.76. The first kappa shape index (κ1) is 15.5. The molecule has 0 aliphatic carbocycles. The number of rotatable bonds is 3. The molecule has 0 radical (unpaired) electrons. The molecule has 1 heterocycles. The first-order chi connectivity index (χ1) is 11.5. The molecule has 3 aromatic rings. The van der Waals surface area contributed by atoms with Gasteiger partial charge in [0.1, 0.15) is 0 Å². The Labute approximate surface area is 136 Å². The lowest BCUT2D eigenvalue weighted by Crippen LogP contribution is -2.36. The fourth-order valence-corrected chi connectivity index (χ4v) is 2.47. The first-order valence-corrected chi connectivity index (χ1v) is 7.21. The van der Waals surface area contributed by atoms with E-state index in [1.807, 2.05) is 30.3 Å². The van der Waals surface area contributed by atoms with Gasteiger partial charge in [-0.25, -0.2) is 14.2 Å². The lowest BCUT2D eigenvalue weighted by molar-refractivity contribution is 0.0697. The molecule has 0 atom stereocenters. The molecule has 120 valence electrons. The Bertz CT molecular complexity index is 1080. The van der Waals surface area contributed by atoms with Gasteiger partial charge in [0.2, 0.25) is 0 Å². The van der Waals surface area contributed by atoms with E-state index in [9.17, 15) is 14.4 Å². The molecule has 0 saturated carbocycles. The Morgan fingerprint density at radius 2 is 1.79 bits per heavy atom. The van der Waals surface area contributed by atoms with Gasteiger partial charge in [-0.3, -0.25) is 9.36 Å². The molecule has 0 fully saturated rings. The van der Waals surface area contributed by atoms with E-state index in [0.717, 1.165) is 10.1 Å². The molecule has 0 aliphatic rings. The molecule has 6 heteroatoms. The summed E-state index contributed by atoms with van der Waals surface area (Å²) in [6.45, 7) is 0. The molecule has 0 aliphatic heterocycles. The highest BCUT2D eigenvalue weighted by atomic mass is 16.4. The highest BCUT2D eigenvalue weighted by Gasteiger charge is 2.12. The maximum absolute atomic E-state index is 12.6. The summed E-state index contributed by atoms with van der Waals surface area (Å²) in [7, 11) is 1.54. The Morgan fingerprint density at radius 1 is 1.08 bits per heavy atom. The van der Waals surface area contributed by atoms with Gasteiger partial charge in [0.15, 0.2) is 0 Å². The summed E-state index contributed by atoms with van der Waals surface area (Å²) in [4.78, 5) is 36.1. The number of fused-ring (bicyclic) bond motifs is 1. The lowest BCUT2D eigenvalue weighted by atomic mass is 10.1. The minimum atomic E-state index is -1.13. The number of nitrogens with zero attached hydrogens (tertiary/aromatic N) is 2. The second kappa shape index (κ2) is 6.00. The van der Waals surface area contributed by atoms with Crippen LogP contribution in [0.25, 0.3) is 23.2 Å². The van der Waals surface area contributed by atoms with Crippen LogP contribution in [0.2, 0.25) is 0 Å². The van der Waals surface area contributed by atoms with Gasteiger partial charge < -0.3 is 5.11 Å². The predicted octanol–water partition coefficient (Wildman–Crippen LogP) is 2.03. The third kappa shape index (κ3) is 2.65. The Kier molecular flexibility index (Phi) is 3.87. The smallest absolute Gasteiger partial charge is 0.335 e. The Hall–Kier alpha value is -3.41. The molecule has 0 spiro atoms. The molecule has 1 N–H and O–H groups in total. The zero-order valence-corrected chi connectivity index (χ0v) is 12.8. The summed E-state index contributed by atoms with van der Waals surface area (Å²) >= 11 is 0. The van der Waals surface area contributed by atoms with Crippen LogP contribution in [0, 0.1) is 0 Å². The first-order valence-electron chi connectivity index (χ1n) is 7.21. The fraction of sp³-hybridized carbons (Fsp3) is 0.0556. The minimum absolute atomic E-state index is 0.00293. The molecule has 3 rings (SSSR count). The second-order valence-electron chi connectivity index (χ2n) is 5.28. The quantitative estimate of drug-likeness (QED) is 0.800. The van der Waals surface area contributed by atoms with Crippen molar-refractivity contribution < 1.29 is 9.90 Å². The summed E-state index contributed by atoms with van der Waals surface area (Å²) in [5, 5.41) is 9.26. The van der Waals surface area contributed by atoms with Crippen LogP contribution in [-0.4, -0.2) is 20.2 Å². The van der Waals surface area contributed by atoms with Crippen molar-refractivity contribution in [2.24, 2.45) is 7.05 Å². The molecule has 0 saturated heterocycles. The van der Waals surface area contributed by atoms with Crippen LogP contribution in [0.5, 0.6) is 0 Å². The molecule has 1 aromatic heterocycles. The number of benzene rings is 2. The Morgan fingerprint density at radius 3 is 2.46 bits per heavy atom. The maximum Gasteiger partial charge on any atom is 0.335 e. The SMILES string of the molecule is Cn1c(=O)n(C=Cc2ccccc2)c(=O)c2cc(C(=O)O)ccc21. The highest BCUT2D eigenvalue weighted by Crippen LogP contribution is 2.11. The number of carbonyl (C=O) groups is 1. The van der Waals surface area contributed by atoms with Crippen LogP contribution in [-0.2, 0) is 7.05 Å². The molecule has 2 aromatic carbocycles. The highest BCUT2D eigenvalue weighted by molar-refractivity contribution is 5.93. The van der Waals surface area contributed by atoms with Crippen molar-refractivity contribution in [2.75, 3.05) is 0 Å². The van der Waals surface area contributed by atoms with E-state index in [0.29, 0.717) is 5.52 Å². The standard InChI is InChI=1S/C18H14N2O4/c1-19-15-8-7-13(17(22)23)11-14(15)16(21)20(18(19)24)10-9-12-5-3-2-4-6-12/h2-11H,1H3,(H,22,23). The van der Waals surface area contributed by atoms with Crippen molar-refractivity contribution in [3.8, 4) is 0 Å². The van der Waals surface area contributed by atoms with Crippen molar-refractivity contribution in [1.29, 1.82) is 0 Å². The van der Waals surface area contributed by atoms with E-state index in [2.05, 4.69) is 0 Å². The number of aryl methyl sites for hydroxylation is 1. The van der Waals surface area contributed by atoms with Crippen LogP contribution in [0.3, 0.4) is 0 Å². The summed E-state index contributed by atoms with van der Waals surface area (Å²) < 4.78 is 2.29. The summed E-state index contributed by atoms with van der Waals surface area (Å²) in [5.74, 6) is -1.13. The number of hydrogen-bond acceptors (Lipinski definition) is 3. The van der Waals surface area contributed by atoms with Crippen molar-refractivity contribution in [3.63, 3.8) is 0 Å². The maximum atomic E-state index is 12.6. The molecular weight excluding hydrogens is 308 g/mol. The number of hydrogen-bond donors (Lipinski definition) is 1. The van der Waals surface area contributed by atoms with Gasteiger partial charge in [-0.2, -0.15) is 0 Å². The van der Waals surface area contributed by atoms with Crippen molar-refractivity contribution in [3.05, 3.63) is 80.5 Å². The van der Waals surface area contributed by atoms with E-state index >= 15 is 0 Å². The molecule has 0 bridgehead atoms. The summed E-state index contributed by atoms with van der Waals surface area (Å²) in [5.41, 5.74) is 0.174. The number of carboxylic acid groups (broad SMARTS) is 1. The van der Waals surface area contributed by atoms with Gasteiger partial charge in [-0.15, -0.1) is 0 Å². The Balaban J connectivity index is 2.25. The van der Waals surface area contributed by atoms with Gasteiger partial charge in [0.25, 0.3) is 5.56 Å². The second-order valence-corrected chi connectivity index (χ2v) is 5.28.